The van der Waals surface area contributed by atoms with Crippen molar-refractivity contribution >= 4 is 13.4 Å². The molecule has 0 saturated heterocycles. The molecule has 2 atom stereocenters. The first kappa shape index (κ1) is 20.0. The molecule has 0 saturated carbocycles. The number of rotatable bonds is 9. The number of carbonyl (C=O) groups is 1. The van der Waals surface area contributed by atoms with Crippen molar-refractivity contribution in [2.45, 2.75) is 11.6 Å². The van der Waals surface area contributed by atoms with E-state index in [2.05, 4.69) is 0 Å². The molecule has 0 N–H and O–H groups in total. The highest BCUT2D eigenvalue weighted by molar-refractivity contribution is 7.55. The maximum absolute atomic E-state index is 13.2. The summed E-state index contributed by atoms with van der Waals surface area (Å²) in [6, 6.07) is 16.7. The zero-order valence-electron chi connectivity index (χ0n) is 14.5. The minimum atomic E-state index is -3.94. The van der Waals surface area contributed by atoms with E-state index in [-0.39, 0.29) is 5.56 Å². The van der Waals surface area contributed by atoms with Gasteiger partial charge >= 0.3 is 7.60 Å². The van der Waals surface area contributed by atoms with Crippen LogP contribution in [0, 0.1) is 10.1 Å². The lowest BCUT2D eigenvalue weighted by molar-refractivity contribution is -0.483. The van der Waals surface area contributed by atoms with Crippen LogP contribution >= 0.6 is 7.60 Å². The maximum Gasteiger partial charge on any atom is 0.341 e. The van der Waals surface area contributed by atoms with Gasteiger partial charge in [0.1, 0.15) is 5.66 Å². The summed E-state index contributed by atoms with van der Waals surface area (Å²) in [5, 5.41) is 11.3. The standard InChI is InChI=1S/C18H20NO6P/c1-24-26(23,25-2)18(17(20)15-11-7-4-8-12-15)16(13-19(21)22)14-9-5-3-6-10-14/h3-12,16,18H,13H2,1-2H3/t16-,18?/m0/s1. The average molecular weight is 377 g/mol. The molecule has 2 aromatic carbocycles. The van der Waals surface area contributed by atoms with Gasteiger partial charge in [0, 0.05) is 24.7 Å². The Morgan fingerprint density at radius 2 is 1.54 bits per heavy atom. The quantitative estimate of drug-likeness (QED) is 0.286. The fraction of sp³-hybridized carbons (Fsp3) is 0.278. The molecule has 0 bridgehead atoms. The number of hydrogen-bond acceptors (Lipinski definition) is 6. The number of nitro groups is 1. The minimum absolute atomic E-state index is 0.288. The molecule has 0 fully saturated rings. The summed E-state index contributed by atoms with van der Waals surface area (Å²) in [5.74, 6) is -1.49. The van der Waals surface area contributed by atoms with E-state index in [9.17, 15) is 19.5 Å². The van der Waals surface area contributed by atoms with E-state index in [0.717, 1.165) is 0 Å². The summed E-state index contributed by atoms with van der Waals surface area (Å²) < 4.78 is 23.3. The van der Waals surface area contributed by atoms with Crippen molar-refractivity contribution in [2.24, 2.45) is 0 Å². The van der Waals surface area contributed by atoms with E-state index in [1.165, 1.54) is 14.2 Å². The van der Waals surface area contributed by atoms with Crippen molar-refractivity contribution in [3.63, 3.8) is 0 Å². The summed E-state index contributed by atoms with van der Waals surface area (Å²) >= 11 is 0. The van der Waals surface area contributed by atoms with Gasteiger partial charge in [-0.25, -0.2) is 0 Å². The molecule has 0 spiro atoms. The van der Waals surface area contributed by atoms with Gasteiger partial charge in [-0.1, -0.05) is 60.7 Å². The maximum atomic E-state index is 13.2. The van der Waals surface area contributed by atoms with Gasteiger partial charge in [-0.3, -0.25) is 19.5 Å². The van der Waals surface area contributed by atoms with Crippen LogP contribution in [0.5, 0.6) is 0 Å². The van der Waals surface area contributed by atoms with Crippen molar-refractivity contribution in [1.29, 1.82) is 0 Å². The third-order valence-electron chi connectivity index (χ3n) is 4.13. The van der Waals surface area contributed by atoms with Gasteiger partial charge in [-0.15, -0.1) is 0 Å². The van der Waals surface area contributed by atoms with E-state index in [1.807, 2.05) is 0 Å². The van der Waals surface area contributed by atoms with E-state index >= 15 is 0 Å². The highest BCUT2D eigenvalue weighted by Gasteiger charge is 2.48. The molecule has 0 aromatic heterocycles. The predicted molar refractivity (Wildman–Crippen MR) is 97.2 cm³/mol. The molecule has 0 aliphatic heterocycles. The molecular formula is C18H20NO6P. The van der Waals surface area contributed by atoms with Crippen molar-refractivity contribution in [1.82, 2.24) is 0 Å². The number of carbonyl (C=O) groups excluding carboxylic acids is 1. The van der Waals surface area contributed by atoms with Crippen molar-refractivity contribution in [3.8, 4) is 0 Å². The van der Waals surface area contributed by atoms with Crippen LogP contribution in [0.1, 0.15) is 21.8 Å². The Balaban J connectivity index is 2.61. The minimum Gasteiger partial charge on any atom is -0.311 e. The SMILES string of the molecule is COP(=O)(OC)C(C(=O)c1ccccc1)[C@@H](C[N+](=O)[O-])c1ccccc1. The van der Waals surface area contributed by atoms with Crippen LogP contribution < -0.4 is 0 Å². The molecule has 138 valence electrons. The second kappa shape index (κ2) is 8.85. The van der Waals surface area contributed by atoms with Crippen LogP contribution in [0.2, 0.25) is 0 Å². The molecule has 0 heterocycles. The van der Waals surface area contributed by atoms with Crippen LogP contribution in [-0.4, -0.2) is 37.1 Å². The summed E-state index contributed by atoms with van der Waals surface area (Å²) in [6.45, 7) is -0.579. The van der Waals surface area contributed by atoms with Gasteiger partial charge in [-0.2, -0.15) is 0 Å². The fourth-order valence-corrected chi connectivity index (χ4v) is 4.62. The molecule has 2 aromatic rings. The number of nitrogens with zero attached hydrogens (tertiary/aromatic N) is 1. The summed E-state index contributed by atoms with van der Waals surface area (Å²) in [4.78, 5) is 23.9. The van der Waals surface area contributed by atoms with Crippen molar-refractivity contribution < 1.29 is 23.3 Å². The second-order valence-corrected chi connectivity index (χ2v) is 7.98. The third kappa shape index (κ3) is 4.43. The molecule has 0 aliphatic rings. The van der Waals surface area contributed by atoms with Crippen LogP contribution in [0.15, 0.2) is 60.7 Å². The summed E-state index contributed by atoms with van der Waals surface area (Å²) in [5.41, 5.74) is -0.531. The number of hydrogen-bond donors (Lipinski definition) is 0. The Hall–Kier alpha value is -2.34. The van der Waals surface area contributed by atoms with Gasteiger partial charge in [0.15, 0.2) is 5.78 Å². The van der Waals surface area contributed by atoms with Gasteiger partial charge in [0.25, 0.3) is 0 Å². The molecule has 0 aliphatic carbocycles. The van der Waals surface area contributed by atoms with E-state index in [0.29, 0.717) is 5.56 Å². The molecular weight excluding hydrogens is 357 g/mol. The predicted octanol–water partition coefficient (Wildman–Crippen LogP) is 3.78. The molecule has 0 radical (unpaired) electrons. The molecule has 7 nitrogen and oxygen atoms in total. The lowest BCUT2D eigenvalue weighted by Crippen LogP contribution is -2.33. The van der Waals surface area contributed by atoms with Gasteiger partial charge in [0.2, 0.25) is 6.54 Å². The van der Waals surface area contributed by atoms with Gasteiger partial charge in [-0.05, 0) is 5.56 Å². The van der Waals surface area contributed by atoms with E-state index in [4.69, 9.17) is 9.05 Å². The average Bonchev–Trinajstić information content (AvgIpc) is 2.68. The zero-order valence-corrected chi connectivity index (χ0v) is 15.4. The first-order valence-electron chi connectivity index (χ1n) is 7.90. The highest BCUT2D eigenvalue weighted by Crippen LogP contribution is 2.57. The van der Waals surface area contributed by atoms with Crippen LogP contribution in [0.4, 0.5) is 0 Å². The number of ketones is 1. The Labute approximate surface area is 151 Å². The van der Waals surface area contributed by atoms with E-state index in [1.54, 1.807) is 60.7 Å². The summed E-state index contributed by atoms with van der Waals surface area (Å²) in [6.07, 6.45) is 0. The smallest absolute Gasteiger partial charge is 0.311 e. The lowest BCUT2D eigenvalue weighted by Gasteiger charge is -2.28. The van der Waals surface area contributed by atoms with Crippen molar-refractivity contribution in [3.05, 3.63) is 81.9 Å². The second-order valence-electron chi connectivity index (χ2n) is 5.61. The third-order valence-corrected chi connectivity index (χ3v) is 6.42. The molecule has 0 amide bonds. The topological polar surface area (TPSA) is 95.7 Å². The zero-order chi connectivity index (χ0) is 19.2. The van der Waals surface area contributed by atoms with E-state index < -0.39 is 36.4 Å². The van der Waals surface area contributed by atoms with Crippen LogP contribution in [0.3, 0.4) is 0 Å². The number of Topliss-reactive ketones (excluding diaryl/α,β-unsaturated/α-hetero) is 1. The Morgan fingerprint density at radius 1 is 1.04 bits per heavy atom. The summed E-state index contributed by atoms with van der Waals surface area (Å²) in [7, 11) is -1.60. The normalized spacial score (nSPS) is 13.8. The van der Waals surface area contributed by atoms with Crippen LogP contribution in [-0.2, 0) is 13.6 Å². The van der Waals surface area contributed by atoms with Crippen LogP contribution in [0.25, 0.3) is 0 Å². The van der Waals surface area contributed by atoms with Gasteiger partial charge < -0.3 is 9.05 Å². The Morgan fingerprint density at radius 3 is 2.00 bits per heavy atom. The lowest BCUT2D eigenvalue weighted by atomic mass is 9.91. The molecule has 1 unspecified atom stereocenters. The number of benzene rings is 2. The Kier molecular flexibility index (Phi) is 6.80. The molecule has 26 heavy (non-hydrogen) atoms. The largest absolute Gasteiger partial charge is 0.341 e. The fourth-order valence-electron chi connectivity index (χ4n) is 2.87. The van der Waals surface area contributed by atoms with Crippen molar-refractivity contribution in [2.75, 3.05) is 20.8 Å². The first-order chi connectivity index (χ1) is 12.4. The monoisotopic (exact) mass is 377 g/mol. The molecule has 8 heteroatoms. The Bertz CT molecular complexity index is 788. The van der Waals surface area contributed by atoms with Gasteiger partial charge in [0.05, 0.1) is 5.92 Å². The highest BCUT2D eigenvalue weighted by atomic mass is 31.2. The molecule has 2 rings (SSSR count). The first-order valence-corrected chi connectivity index (χ1v) is 9.51.